The van der Waals surface area contributed by atoms with Gasteiger partial charge >= 0.3 is 6.09 Å². The lowest BCUT2D eigenvalue weighted by atomic mass is 10.2. The fraction of sp³-hybridized carbons (Fsp3) is 0.909. The molecular weight excluding hydrogens is 194 g/mol. The number of rotatable bonds is 5. The molecule has 0 rings (SSSR count). The predicted octanol–water partition coefficient (Wildman–Crippen LogP) is 2.33. The van der Waals surface area contributed by atoms with Crippen LogP contribution in [0.25, 0.3) is 0 Å². The van der Waals surface area contributed by atoms with Gasteiger partial charge in [0.05, 0.1) is 12.2 Å². The monoisotopic (exact) mass is 217 g/mol. The second-order valence-electron chi connectivity index (χ2n) is 4.50. The van der Waals surface area contributed by atoms with Crippen molar-refractivity contribution in [3.63, 3.8) is 0 Å². The van der Waals surface area contributed by atoms with E-state index in [2.05, 4.69) is 5.32 Å². The van der Waals surface area contributed by atoms with E-state index in [-0.39, 0.29) is 17.8 Å². The van der Waals surface area contributed by atoms with Crippen molar-refractivity contribution in [3.05, 3.63) is 0 Å². The van der Waals surface area contributed by atoms with Crippen LogP contribution < -0.4 is 5.32 Å². The summed E-state index contributed by atoms with van der Waals surface area (Å²) in [4.78, 5) is 11.0. The highest BCUT2D eigenvalue weighted by atomic mass is 16.6. The summed E-state index contributed by atoms with van der Waals surface area (Å²) in [5.41, 5.74) is -0.134. The molecule has 0 heterocycles. The van der Waals surface area contributed by atoms with Gasteiger partial charge in [0.1, 0.15) is 6.10 Å². The summed E-state index contributed by atoms with van der Waals surface area (Å²) in [6.07, 6.45) is 0.244. The maximum absolute atomic E-state index is 11.0. The summed E-state index contributed by atoms with van der Waals surface area (Å²) in [7, 11) is 0. The zero-order valence-corrected chi connectivity index (χ0v) is 10.4. The Kier molecular flexibility index (Phi) is 6.32. The highest BCUT2D eigenvalue weighted by molar-refractivity contribution is 5.67. The van der Waals surface area contributed by atoms with Crippen molar-refractivity contribution in [1.82, 2.24) is 5.32 Å². The molecule has 0 aliphatic rings. The largest absolute Gasteiger partial charge is 0.446 e. The highest BCUT2D eigenvalue weighted by Crippen LogP contribution is 2.08. The van der Waals surface area contributed by atoms with Crippen LogP contribution >= 0.6 is 0 Å². The van der Waals surface area contributed by atoms with Gasteiger partial charge in [-0.15, -0.1) is 0 Å². The molecule has 0 saturated heterocycles. The molecule has 4 heteroatoms. The van der Waals surface area contributed by atoms with Crippen molar-refractivity contribution in [2.75, 3.05) is 13.2 Å². The molecule has 4 nitrogen and oxygen atoms in total. The Morgan fingerprint density at radius 3 is 2.47 bits per heavy atom. The third-order valence-corrected chi connectivity index (χ3v) is 1.69. The van der Waals surface area contributed by atoms with Crippen molar-refractivity contribution in [2.45, 2.75) is 52.7 Å². The molecule has 0 bridgehead atoms. The fourth-order valence-electron chi connectivity index (χ4n) is 0.959. The number of alkyl carbamates (subject to hydrolysis) is 1. The quantitative estimate of drug-likeness (QED) is 0.768. The summed E-state index contributed by atoms with van der Waals surface area (Å²) in [6.45, 7) is 10.9. The van der Waals surface area contributed by atoms with E-state index in [1.807, 2.05) is 34.6 Å². The summed E-state index contributed by atoms with van der Waals surface area (Å²) in [5, 5.41) is 2.58. The number of amides is 1. The van der Waals surface area contributed by atoms with Crippen molar-refractivity contribution < 1.29 is 14.3 Å². The number of carbonyl (C=O) groups excluding carboxylic acids is 1. The van der Waals surface area contributed by atoms with Gasteiger partial charge in [-0.2, -0.15) is 0 Å². The first-order valence-corrected chi connectivity index (χ1v) is 5.43. The standard InChI is InChI=1S/C11H23NO3/c1-6-12-10(13)15-9(2)7-8-14-11(3,4)5/h9H,6-8H2,1-5H3,(H,12,13). The lowest BCUT2D eigenvalue weighted by Crippen LogP contribution is -2.29. The lowest BCUT2D eigenvalue weighted by molar-refractivity contribution is -0.0183. The molecule has 0 aliphatic heterocycles. The molecule has 0 fully saturated rings. The molecule has 0 spiro atoms. The smallest absolute Gasteiger partial charge is 0.407 e. The topological polar surface area (TPSA) is 47.6 Å². The molecule has 0 aromatic carbocycles. The molecule has 0 saturated carbocycles. The first-order chi connectivity index (χ1) is 6.85. The van der Waals surface area contributed by atoms with E-state index < -0.39 is 0 Å². The molecule has 1 unspecified atom stereocenters. The van der Waals surface area contributed by atoms with Crippen molar-refractivity contribution in [2.24, 2.45) is 0 Å². The van der Waals surface area contributed by atoms with Gasteiger partial charge in [-0.1, -0.05) is 0 Å². The fourth-order valence-corrected chi connectivity index (χ4v) is 0.959. The molecule has 1 amide bonds. The van der Waals surface area contributed by atoms with E-state index in [0.717, 1.165) is 0 Å². The molecule has 0 radical (unpaired) electrons. The highest BCUT2D eigenvalue weighted by Gasteiger charge is 2.12. The van der Waals surface area contributed by atoms with E-state index >= 15 is 0 Å². The summed E-state index contributed by atoms with van der Waals surface area (Å²) < 4.78 is 10.6. The zero-order chi connectivity index (χ0) is 11.9. The average molecular weight is 217 g/mol. The van der Waals surface area contributed by atoms with E-state index in [9.17, 15) is 4.79 Å². The minimum Gasteiger partial charge on any atom is -0.446 e. The van der Waals surface area contributed by atoms with E-state index in [0.29, 0.717) is 19.6 Å². The van der Waals surface area contributed by atoms with Crippen molar-refractivity contribution >= 4 is 6.09 Å². The van der Waals surface area contributed by atoms with Crippen LogP contribution in [0, 0.1) is 0 Å². The minimum atomic E-state index is -0.360. The van der Waals surface area contributed by atoms with E-state index in [1.54, 1.807) is 0 Å². The van der Waals surface area contributed by atoms with Crippen LogP contribution in [0.4, 0.5) is 4.79 Å². The summed E-state index contributed by atoms with van der Waals surface area (Å²) >= 11 is 0. The molecule has 90 valence electrons. The Hall–Kier alpha value is -0.770. The van der Waals surface area contributed by atoms with E-state index in [1.165, 1.54) is 0 Å². The number of hydrogen-bond donors (Lipinski definition) is 1. The van der Waals surface area contributed by atoms with Gasteiger partial charge in [-0.3, -0.25) is 0 Å². The molecule has 1 N–H and O–H groups in total. The second kappa shape index (κ2) is 6.67. The Morgan fingerprint density at radius 1 is 1.40 bits per heavy atom. The Balaban J connectivity index is 3.57. The van der Waals surface area contributed by atoms with Crippen molar-refractivity contribution in [3.8, 4) is 0 Å². The Morgan fingerprint density at radius 2 is 2.00 bits per heavy atom. The van der Waals surface area contributed by atoms with Crippen LogP contribution in [-0.2, 0) is 9.47 Å². The summed E-state index contributed by atoms with van der Waals surface area (Å²) in [5.74, 6) is 0. The molecule has 0 aromatic rings. The zero-order valence-electron chi connectivity index (χ0n) is 10.4. The van der Waals surface area contributed by atoms with Gasteiger partial charge in [0.2, 0.25) is 0 Å². The molecule has 0 aliphatic carbocycles. The van der Waals surface area contributed by atoms with Crippen LogP contribution in [0.3, 0.4) is 0 Å². The van der Waals surface area contributed by atoms with Crippen LogP contribution in [0.5, 0.6) is 0 Å². The van der Waals surface area contributed by atoms with Gasteiger partial charge < -0.3 is 14.8 Å². The van der Waals surface area contributed by atoms with Gasteiger partial charge in [-0.05, 0) is 34.6 Å². The predicted molar refractivity (Wildman–Crippen MR) is 59.9 cm³/mol. The molecule has 0 aromatic heterocycles. The second-order valence-corrected chi connectivity index (χ2v) is 4.50. The third-order valence-electron chi connectivity index (χ3n) is 1.69. The van der Waals surface area contributed by atoms with Gasteiger partial charge in [0.25, 0.3) is 0 Å². The van der Waals surface area contributed by atoms with Crippen LogP contribution in [0.1, 0.15) is 41.0 Å². The van der Waals surface area contributed by atoms with E-state index in [4.69, 9.17) is 9.47 Å². The third kappa shape index (κ3) is 9.53. The van der Waals surface area contributed by atoms with Gasteiger partial charge in [-0.25, -0.2) is 4.79 Å². The van der Waals surface area contributed by atoms with Crippen LogP contribution in [0.2, 0.25) is 0 Å². The lowest BCUT2D eigenvalue weighted by Gasteiger charge is -2.21. The Labute approximate surface area is 92.3 Å². The van der Waals surface area contributed by atoms with Crippen LogP contribution in [-0.4, -0.2) is 30.9 Å². The molecule has 1 atom stereocenters. The van der Waals surface area contributed by atoms with Crippen LogP contribution in [0.15, 0.2) is 0 Å². The van der Waals surface area contributed by atoms with Gasteiger partial charge in [0.15, 0.2) is 0 Å². The first-order valence-electron chi connectivity index (χ1n) is 5.43. The number of carbonyl (C=O) groups is 1. The maximum atomic E-state index is 11.0. The number of hydrogen-bond acceptors (Lipinski definition) is 3. The normalized spacial score (nSPS) is 13.4. The minimum absolute atomic E-state index is 0.112. The first kappa shape index (κ1) is 14.2. The van der Waals surface area contributed by atoms with Gasteiger partial charge in [0, 0.05) is 13.0 Å². The number of ether oxygens (including phenoxy) is 2. The molecular formula is C11H23NO3. The number of nitrogens with one attached hydrogen (secondary N) is 1. The Bertz CT molecular complexity index is 187. The maximum Gasteiger partial charge on any atom is 0.407 e. The van der Waals surface area contributed by atoms with Crippen molar-refractivity contribution in [1.29, 1.82) is 0 Å². The SMILES string of the molecule is CCNC(=O)OC(C)CCOC(C)(C)C. The summed E-state index contributed by atoms with van der Waals surface area (Å²) in [6, 6.07) is 0. The molecule has 15 heavy (non-hydrogen) atoms. The average Bonchev–Trinajstić information content (AvgIpc) is 2.01.